The van der Waals surface area contributed by atoms with Gasteiger partial charge < -0.3 is 19.1 Å². The quantitative estimate of drug-likeness (QED) is 0.614. The fourth-order valence-corrected chi connectivity index (χ4v) is 3.35. The molecule has 0 N–H and O–H groups in total. The van der Waals surface area contributed by atoms with Crippen molar-refractivity contribution in [3.05, 3.63) is 53.6 Å². The van der Waals surface area contributed by atoms with Gasteiger partial charge in [-0.05, 0) is 48.2 Å². The SMILES string of the molecule is COc1ccc(CN(CC(=O)N(C)Cc2ccc(OC)c(OC)c2)C2CC2)cc1. The van der Waals surface area contributed by atoms with Crippen LogP contribution in [0.4, 0.5) is 0 Å². The number of carbonyl (C=O) groups is 1. The summed E-state index contributed by atoms with van der Waals surface area (Å²) >= 11 is 0. The lowest BCUT2D eigenvalue weighted by molar-refractivity contribution is -0.132. The molecule has 6 nitrogen and oxygen atoms in total. The van der Waals surface area contributed by atoms with E-state index in [1.165, 1.54) is 5.56 Å². The predicted octanol–water partition coefficient (Wildman–Crippen LogP) is 3.34. The maximum Gasteiger partial charge on any atom is 0.236 e. The third kappa shape index (κ3) is 5.64. The van der Waals surface area contributed by atoms with Gasteiger partial charge in [0.05, 0.1) is 27.9 Å². The molecule has 3 rings (SSSR count). The highest BCUT2D eigenvalue weighted by molar-refractivity contribution is 5.78. The molecule has 2 aromatic rings. The maximum atomic E-state index is 12.9. The minimum Gasteiger partial charge on any atom is -0.497 e. The average molecular weight is 399 g/mol. The van der Waals surface area contributed by atoms with Crippen LogP contribution in [-0.4, -0.2) is 56.7 Å². The van der Waals surface area contributed by atoms with Crippen LogP contribution in [0.3, 0.4) is 0 Å². The van der Waals surface area contributed by atoms with Crippen LogP contribution < -0.4 is 14.2 Å². The Bertz CT molecular complexity index is 818. The smallest absolute Gasteiger partial charge is 0.236 e. The summed E-state index contributed by atoms with van der Waals surface area (Å²) in [5.41, 5.74) is 2.19. The molecule has 0 radical (unpaired) electrons. The summed E-state index contributed by atoms with van der Waals surface area (Å²) in [6, 6.07) is 14.3. The Hall–Kier alpha value is -2.73. The first-order chi connectivity index (χ1) is 14.0. The molecule has 0 unspecified atom stereocenters. The maximum absolute atomic E-state index is 12.9. The molecule has 2 aromatic carbocycles. The summed E-state index contributed by atoms with van der Waals surface area (Å²) in [7, 11) is 6.74. The molecule has 0 spiro atoms. The van der Waals surface area contributed by atoms with E-state index in [4.69, 9.17) is 14.2 Å². The van der Waals surface area contributed by atoms with E-state index in [2.05, 4.69) is 17.0 Å². The molecule has 1 aliphatic carbocycles. The Kier molecular flexibility index (Phi) is 6.99. The van der Waals surface area contributed by atoms with Gasteiger partial charge in [0.2, 0.25) is 5.91 Å². The lowest BCUT2D eigenvalue weighted by Crippen LogP contribution is -2.38. The summed E-state index contributed by atoms with van der Waals surface area (Å²) in [6.07, 6.45) is 2.31. The first-order valence-electron chi connectivity index (χ1n) is 9.86. The second kappa shape index (κ2) is 9.65. The molecule has 0 heterocycles. The van der Waals surface area contributed by atoms with Gasteiger partial charge in [-0.2, -0.15) is 0 Å². The first-order valence-corrected chi connectivity index (χ1v) is 9.86. The highest BCUT2D eigenvalue weighted by Gasteiger charge is 2.31. The zero-order valence-electron chi connectivity index (χ0n) is 17.7. The highest BCUT2D eigenvalue weighted by Crippen LogP contribution is 2.29. The van der Waals surface area contributed by atoms with Crippen LogP contribution in [0.15, 0.2) is 42.5 Å². The second-order valence-corrected chi connectivity index (χ2v) is 7.42. The van der Waals surface area contributed by atoms with Gasteiger partial charge in [-0.15, -0.1) is 0 Å². The lowest BCUT2D eigenvalue weighted by atomic mass is 10.2. The number of ether oxygens (including phenoxy) is 3. The largest absolute Gasteiger partial charge is 0.497 e. The zero-order chi connectivity index (χ0) is 20.8. The molecule has 0 aliphatic heterocycles. The average Bonchev–Trinajstić information content (AvgIpc) is 3.59. The van der Waals surface area contributed by atoms with E-state index in [-0.39, 0.29) is 5.91 Å². The Morgan fingerprint density at radius 1 is 0.897 bits per heavy atom. The van der Waals surface area contributed by atoms with Crippen molar-refractivity contribution in [3.63, 3.8) is 0 Å². The van der Waals surface area contributed by atoms with Crippen molar-refractivity contribution in [2.24, 2.45) is 0 Å². The number of benzene rings is 2. The van der Waals surface area contributed by atoms with Crippen molar-refractivity contribution in [2.75, 3.05) is 34.9 Å². The van der Waals surface area contributed by atoms with Crippen LogP contribution >= 0.6 is 0 Å². The van der Waals surface area contributed by atoms with E-state index in [0.29, 0.717) is 30.6 Å². The minimum absolute atomic E-state index is 0.111. The van der Waals surface area contributed by atoms with E-state index in [9.17, 15) is 4.79 Å². The Morgan fingerprint density at radius 2 is 1.55 bits per heavy atom. The fourth-order valence-electron chi connectivity index (χ4n) is 3.35. The van der Waals surface area contributed by atoms with Crippen LogP contribution in [0.5, 0.6) is 17.2 Å². The van der Waals surface area contributed by atoms with E-state index in [1.54, 1.807) is 26.2 Å². The third-order valence-electron chi connectivity index (χ3n) is 5.24. The minimum atomic E-state index is 0.111. The van der Waals surface area contributed by atoms with Crippen LogP contribution in [0.2, 0.25) is 0 Å². The topological polar surface area (TPSA) is 51.2 Å². The number of likely N-dealkylation sites (N-methyl/N-ethyl adjacent to an activating group) is 1. The standard InChI is InChI=1S/C23H30N2O4/c1-24(14-18-7-12-21(28-3)22(13-18)29-4)23(26)16-25(19-8-9-19)15-17-5-10-20(27-2)11-6-17/h5-7,10-13,19H,8-9,14-16H2,1-4H3. The van der Waals surface area contributed by atoms with E-state index < -0.39 is 0 Å². The van der Waals surface area contributed by atoms with Gasteiger partial charge in [0.1, 0.15) is 5.75 Å². The van der Waals surface area contributed by atoms with Gasteiger partial charge in [0, 0.05) is 26.2 Å². The molecule has 0 saturated heterocycles. The van der Waals surface area contributed by atoms with Gasteiger partial charge in [-0.3, -0.25) is 9.69 Å². The van der Waals surface area contributed by atoms with Gasteiger partial charge in [-0.25, -0.2) is 0 Å². The molecule has 29 heavy (non-hydrogen) atoms. The molecule has 156 valence electrons. The van der Waals surface area contributed by atoms with E-state index in [0.717, 1.165) is 30.7 Å². The van der Waals surface area contributed by atoms with Crippen molar-refractivity contribution in [2.45, 2.75) is 32.0 Å². The third-order valence-corrected chi connectivity index (χ3v) is 5.24. The zero-order valence-corrected chi connectivity index (χ0v) is 17.7. The molecule has 0 atom stereocenters. The normalized spacial score (nSPS) is 13.3. The molecule has 1 saturated carbocycles. The molecular weight excluding hydrogens is 368 g/mol. The number of rotatable bonds is 10. The molecule has 1 amide bonds. The van der Waals surface area contributed by atoms with Crippen molar-refractivity contribution in [1.82, 2.24) is 9.80 Å². The van der Waals surface area contributed by atoms with Crippen molar-refractivity contribution in [1.29, 1.82) is 0 Å². The monoisotopic (exact) mass is 398 g/mol. The summed E-state index contributed by atoms with van der Waals surface area (Å²) < 4.78 is 15.9. The summed E-state index contributed by atoms with van der Waals surface area (Å²) in [4.78, 5) is 16.9. The predicted molar refractivity (Wildman–Crippen MR) is 112 cm³/mol. The Morgan fingerprint density at radius 3 is 2.14 bits per heavy atom. The van der Waals surface area contributed by atoms with E-state index in [1.807, 2.05) is 37.4 Å². The van der Waals surface area contributed by atoms with Gasteiger partial charge >= 0.3 is 0 Å². The number of hydrogen-bond acceptors (Lipinski definition) is 5. The number of methoxy groups -OCH3 is 3. The Labute approximate surface area is 173 Å². The van der Waals surface area contributed by atoms with E-state index >= 15 is 0 Å². The second-order valence-electron chi connectivity index (χ2n) is 7.42. The molecule has 1 aliphatic rings. The summed E-state index contributed by atoms with van der Waals surface area (Å²) in [6.45, 7) is 1.71. The molecular formula is C23H30N2O4. The summed E-state index contributed by atoms with van der Waals surface area (Å²) in [5.74, 6) is 2.31. The molecule has 0 bridgehead atoms. The Balaban J connectivity index is 1.60. The van der Waals surface area contributed by atoms with Gasteiger partial charge in [0.25, 0.3) is 0 Å². The number of carbonyl (C=O) groups excluding carboxylic acids is 1. The molecule has 6 heteroatoms. The molecule has 0 aromatic heterocycles. The fraction of sp³-hybridized carbons (Fsp3) is 0.435. The highest BCUT2D eigenvalue weighted by atomic mass is 16.5. The lowest BCUT2D eigenvalue weighted by Gasteiger charge is -2.25. The number of hydrogen-bond donors (Lipinski definition) is 0. The van der Waals surface area contributed by atoms with Gasteiger partial charge in [0.15, 0.2) is 11.5 Å². The van der Waals surface area contributed by atoms with Crippen molar-refractivity contribution in [3.8, 4) is 17.2 Å². The van der Waals surface area contributed by atoms with Crippen molar-refractivity contribution >= 4 is 5.91 Å². The number of nitrogens with zero attached hydrogens (tertiary/aromatic N) is 2. The molecule has 1 fully saturated rings. The van der Waals surface area contributed by atoms with Crippen LogP contribution in [0.25, 0.3) is 0 Å². The first kappa shape index (κ1) is 21.0. The van der Waals surface area contributed by atoms with Crippen LogP contribution in [0, 0.1) is 0 Å². The van der Waals surface area contributed by atoms with Crippen LogP contribution in [0.1, 0.15) is 24.0 Å². The summed E-state index contributed by atoms with van der Waals surface area (Å²) in [5, 5.41) is 0. The van der Waals surface area contributed by atoms with Crippen LogP contribution in [-0.2, 0) is 17.9 Å². The van der Waals surface area contributed by atoms with Crippen molar-refractivity contribution < 1.29 is 19.0 Å². The van der Waals surface area contributed by atoms with Gasteiger partial charge in [-0.1, -0.05) is 18.2 Å². The number of amides is 1.